The summed E-state index contributed by atoms with van der Waals surface area (Å²) in [4.78, 5) is 11.6. The second kappa shape index (κ2) is 20.1. The van der Waals surface area contributed by atoms with E-state index in [1.165, 1.54) is 51.4 Å². The van der Waals surface area contributed by atoms with Crippen LogP contribution in [0.2, 0.25) is 0 Å². The fourth-order valence-corrected chi connectivity index (χ4v) is 3.29. The molecule has 0 saturated carbocycles. The molecule has 0 bridgehead atoms. The van der Waals surface area contributed by atoms with Gasteiger partial charge in [-0.15, -0.1) is 0 Å². The molecule has 0 fully saturated rings. The summed E-state index contributed by atoms with van der Waals surface area (Å²) in [6.07, 6.45) is 16.1. The minimum Gasteiger partial charge on any atom is -0.756 e. The zero-order chi connectivity index (χ0) is 17.2. The van der Waals surface area contributed by atoms with Crippen LogP contribution in [0.3, 0.4) is 0 Å². The van der Waals surface area contributed by atoms with Crippen LogP contribution in [-0.4, -0.2) is 13.2 Å². The van der Waals surface area contributed by atoms with Crippen LogP contribution in [-0.2, 0) is 33.1 Å². The molecule has 0 spiro atoms. The Hall–Kier alpha value is 0.733. The van der Waals surface area contributed by atoms with E-state index in [1.807, 2.05) is 0 Å². The minimum absolute atomic E-state index is 0. The summed E-state index contributed by atoms with van der Waals surface area (Å²) in [6.45, 7) is 4.91. The molecule has 0 atom stereocenters. The SMILES string of the molecule is CCCCCCCCCOP(=O)([O-])OCCCCCCCCC.[Zn]. The fourth-order valence-electron chi connectivity index (χ4n) is 2.51. The van der Waals surface area contributed by atoms with Gasteiger partial charge in [-0.25, -0.2) is 0 Å². The number of hydrogen-bond acceptors (Lipinski definition) is 4. The van der Waals surface area contributed by atoms with Crippen molar-refractivity contribution in [3.8, 4) is 0 Å². The molecule has 0 unspecified atom stereocenters. The second-order valence-electron chi connectivity index (χ2n) is 6.36. The summed E-state index contributed by atoms with van der Waals surface area (Å²) in [5.74, 6) is 0. The molecule has 0 amide bonds. The molecular weight excluding hydrogens is 377 g/mol. The zero-order valence-electron chi connectivity index (χ0n) is 16.1. The van der Waals surface area contributed by atoms with Gasteiger partial charge in [0.1, 0.15) is 0 Å². The molecule has 4 nitrogen and oxygen atoms in total. The number of hydrogen-bond donors (Lipinski definition) is 0. The van der Waals surface area contributed by atoms with Crippen molar-refractivity contribution >= 4 is 7.82 Å². The fraction of sp³-hybridized carbons (Fsp3) is 1.00. The Morgan fingerprint density at radius 3 is 1.25 bits per heavy atom. The van der Waals surface area contributed by atoms with E-state index in [-0.39, 0.29) is 32.7 Å². The van der Waals surface area contributed by atoms with Crippen LogP contribution in [0, 0.1) is 0 Å². The van der Waals surface area contributed by atoms with Gasteiger partial charge in [-0.05, 0) is 12.8 Å². The van der Waals surface area contributed by atoms with Gasteiger partial charge < -0.3 is 13.9 Å². The van der Waals surface area contributed by atoms with Crippen LogP contribution < -0.4 is 4.89 Å². The Morgan fingerprint density at radius 2 is 0.917 bits per heavy atom. The summed E-state index contributed by atoms with van der Waals surface area (Å²) in [5.41, 5.74) is 0. The van der Waals surface area contributed by atoms with Gasteiger partial charge in [-0.3, -0.25) is 4.57 Å². The molecule has 0 aromatic rings. The zero-order valence-corrected chi connectivity index (χ0v) is 20.0. The van der Waals surface area contributed by atoms with E-state index in [2.05, 4.69) is 13.8 Å². The third-order valence-electron chi connectivity index (χ3n) is 3.99. The monoisotopic (exact) mass is 413 g/mol. The van der Waals surface area contributed by atoms with Gasteiger partial charge in [0.2, 0.25) is 0 Å². The van der Waals surface area contributed by atoms with E-state index in [0.29, 0.717) is 0 Å². The van der Waals surface area contributed by atoms with Gasteiger partial charge in [-0.2, -0.15) is 0 Å². The Morgan fingerprint density at radius 1 is 0.625 bits per heavy atom. The van der Waals surface area contributed by atoms with Crippen LogP contribution >= 0.6 is 7.82 Å². The molecule has 0 aliphatic carbocycles. The molecule has 0 N–H and O–H groups in total. The first-order valence-corrected chi connectivity index (χ1v) is 11.2. The Bertz CT molecular complexity index is 266. The molecule has 142 valence electrons. The van der Waals surface area contributed by atoms with Crippen LogP contribution in [0.5, 0.6) is 0 Å². The average Bonchev–Trinajstić information content (AvgIpc) is 2.52. The largest absolute Gasteiger partial charge is 0.756 e. The Kier molecular flexibility index (Phi) is 22.5. The van der Waals surface area contributed by atoms with E-state index in [4.69, 9.17) is 9.05 Å². The van der Waals surface area contributed by atoms with Crippen molar-refractivity contribution in [3.05, 3.63) is 0 Å². The van der Waals surface area contributed by atoms with Crippen molar-refractivity contribution < 1.29 is 38.0 Å². The molecular formula is C18H38O4PZn-. The maximum Gasteiger partial charge on any atom is 0.267 e. The van der Waals surface area contributed by atoms with E-state index in [9.17, 15) is 9.46 Å². The first-order chi connectivity index (χ1) is 11.1. The van der Waals surface area contributed by atoms with E-state index >= 15 is 0 Å². The van der Waals surface area contributed by atoms with Crippen molar-refractivity contribution in [2.75, 3.05) is 13.2 Å². The third kappa shape index (κ3) is 20.8. The van der Waals surface area contributed by atoms with Crippen molar-refractivity contribution in [3.63, 3.8) is 0 Å². The van der Waals surface area contributed by atoms with Crippen LogP contribution in [0.15, 0.2) is 0 Å². The second-order valence-corrected chi connectivity index (χ2v) is 7.77. The Balaban J connectivity index is 0. The average molecular weight is 415 g/mol. The van der Waals surface area contributed by atoms with Crippen molar-refractivity contribution in [1.82, 2.24) is 0 Å². The number of phosphoric ester groups is 1. The first kappa shape index (κ1) is 27.0. The predicted octanol–water partition coefficient (Wildman–Crippen LogP) is 5.99. The summed E-state index contributed by atoms with van der Waals surface area (Å²) in [7, 11) is -4.07. The molecule has 24 heavy (non-hydrogen) atoms. The molecule has 0 radical (unpaired) electrons. The first-order valence-electron chi connectivity index (χ1n) is 9.72. The van der Waals surface area contributed by atoms with Crippen LogP contribution in [0.25, 0.3) is 0 Å². The maximum absolute atomic E-state index is 11.6. The van der Waals surface area contributed by atoms with Crippen molar-refractivity contribution in [2.24, 2.45) is 0 Å². The smallest absolute Gasteiger partial charge is 0.267 e. The molecule has 0 aliphatic heterocycles. The molecule has 6 heteroatoms. The summed E-state index contributed by atoms with van der Waals surface area (Å²) in [6, 6.07) is 0. The van der Waals surface area contributed by atoms with Gasteiger partial charge in [0.25, 0.3) is 7.82 Å². The summed E-state index contributed by atoms with van der Waals surface area (Å²) in [5, 5.41) is 0. The summed E-state index contributed by atoms with van der Waals surface area (Å²) >= 11 is 0. The molecule has 0 aromatic carbocycles. The Labute approximate surface area is 162 Å². The van der Waals surface area contributed by atoms with Gasteiger partial charge in [-0.1, -0.05) is 90.9 Å². The number of unbranched alkanes of at least 4 members (excludes halogenated alkanes) is 12. The van der Waals surface area contributed by atoms with Crippen molar-refractivity contribution in [2.45, 2.75) is 104 Å². The summed E-state index contributed by atoms with van der Waals surface area (Å²) < 4.78 is 21.4. The van der Waals surface area contributed by atoms with Crippen molar-refractivity contribution in [1.29, 1.82) is 0 Å². The molecule has 0 rings (SSSR count). The predicted molar refractivity (Wildman–Crippen MR) is 95.5 cm³/mol. The van der Waals surface area contributed by atoms with E-state index in [1.54, 1.807) is 0 Å². The molecule has 0 saturated heterocycles. The molecule has 0 aromatic heterocycles. The minimum atomic E-state index is -4.07. The van der Waals surface area contributed by atoms with Crippen LogP contribution in [0.1, 0.15) is 104 Å². The van der Waals surface area contributed by atoms with Gasteiger partial charge in [0, 0.05) is 19.5 Å². The van der Waals surface area contributed by atoms with Gasteiger partial charge in [0.15, 0.2) is 0 Å². The normalized spacial score (nSPS) is 11.5. The van der Waals surface area contributed by atoms with Crippen LogP contribution in [0.4, 0.5) is 0 Å². The molecule has 0 aliphatic rings. The maximum atomic E-state index is 11.6. The number of rotatable bonds is 18. The van der Waals surface area contributed by atoms with Gasteiger partial charge >= 0.3 is 0 Å². The quantitative estimate of drug-likeness (QED) is 0.157. The number of phosphoric acid groups is 1. The van der Waals surface area contributed by atoms with Gasteiger partial charge in [0.05, 0.1) is 13.2 Å². The standard InChI is InChI=1S/C18H39O4P.Zn/c1-3-5-7-9-11-13-15-17-21-23(19,20)22-18-16-14-12-10-8-6-4-2;/h3-18H2,1-2H3,(H,19,20);/p-1. The van der Waals surface area contributed by atoms with E-state index in [0.717, 1.165) is 38.5 Å². The molecule has 0 heterocycles. The van der Waals surface area contributed by atoms with E-state index < -0.39 is 7.82 Å². The third-order valence-corrected chi connectivity index (χ3v) is 4.99. The topological polar surface area (TPSA) is 58.6 Å².